The van der Waals surface area contributed by atoms with E-state index in [9.17, 15) is 0 Å². The molecule has 20 heavy (non-hydrogen) atoms. The van der Waals surface area contributed by atoms with Crippen LogP contribution >= 0.6 is 0 Å². The van der Waals surface area contributed by atoms with E-state index >= 15 is 0 Å². The minimum absolute atomic E-state index is 0. The average molecular weight is 316 g/mol. The zero-order valence-electron chi connectivity index (χ0n) is 13.0. The maximum Gasteiger partial charge on any atom is -0.0809 e. The molecule has 0 heterocycles. The number of rotatable bonds is 0. The summed E-state index contributed by atoms with van der Waals surface area (Å²) in [5.74, 6) is 0. The molecule has 0 atom stereocenters. The van der Waals surface area contributed by atoms with Gasteiger partial charge >= 0.3 is 26.8 Å². The Morgan fingerprint density at radius 2 is 1.65 bits per heavy atom. The summed E-state index contributed by atoms with van der Waals surface area (Å²) in [6.45, 7) is 0. The second-order valence-corrected chi connectivity index (χ2v) is 3.16. The van der Waals surface area contributed by atoms with Crippen molar-refractivity contribution in [1.82, 2.24) is 0 Å². The summed E-state index contributed by atoms with van der Waals surface area (Å²) >= 11 is 1.81. The number of allylic oxidation sites excluding steroid dienone is 4. The molecular weight excluding hydrogens is 292 g/mol. The van der Waals surface area contributed by atoms with Crippen LogP contribution in [-0.2, 0) is 19.2 Å². The van der Waals surface area contributed by atoms with E-state index in [4.69, 9.17) is 0 Å². The van der Waals surface area contributed by atoms with Gasteiger partial charge in [0, 0.05) is 0 Å². The van der Waals surface area contributed by atoms with Crippen LogP contribution in [0.5, 0.6) is 0 Å². The van der Waals surface area contributed by atoms with Crippen LogP contribution in [0.4, 0.5) is 0 Å². The summed E-state index contributed by atoms with van der Waals surface area (Å²) in [5.41, 5.74) is 0. The smallest absolute Gasteiger partial charge is 0.0809 e. The van der Waals surface area contributed by atoms with Crippen LogP contribution < -0.4 is 0 Å². The average Bonchev–Trinajstić information content (AvgIpc) is 3.06. The molecule has 1 aliphatic rings. The Labute approximate surface area is 140 Å². The van der Waals surface area contributed by atoms with Crippen LogP contribution in [-0.4, -0.2) is 7.63 Å². The molecule has 0 nitrogen and oxygen atoms in total. The number of fused-ring (bicyclic) bond motifs is 1. The number of hydrogen-bond donors (Lipinski definition) is 0. The fourth-order valence-corrected chi connectivity index (χ4v) is 1.41. The first-order valence-electron chi connectivity index (χ1n) is 5.04. The molecule has 0 N–H and O–H groups in total. The Morgan fingerprint density at radius 1 is 1.00 bits per heavy atom. The van der Waals surface area contributed by atoms with Crippen molar-refractivity contribution in [2.24, 2.45) is 0 Å². The van der Waals surface area contributed by atoms with E-state index in [2.05, 4.69) is 62.2 Å². The van der Waals surface area contributed by atoms with Crippen molar-refractivity contribution in [2.45, 2.75) is 6.42 Å². The van der Waals surface area contributed by atoms with E-state index in [1.807, 2.05) is 12.2 Å². The van der Waals surface area contributed by atoms with E-state index in [0.29, 0.717) is 0 Å². The molecule has 0 bridgehead atoms. The summed E-state index contributed by atoms with van der Waals surface area (Å²) < 4.78 is 0. The first-order chi connectivity index (χ1) is 7.97. The molecular formula is C18H24SiTi-6. The fourth-order valence-electron chi connectivity index (χ4n) is 1.41. The van der Waals surface area contributed by atoms with Gasteiger partial charge < -0.3 is 29.7 Å². The van der Waals surface area contributed by atoms with Crippen molar-refractivity contribution in [2.75, 3.05) is 0 Å². The van der Waals surface area contributed by atoms with E-state index in [1.54, 1.807) is 19.2 Å². The number of hydrogen-bond acceptors (Lipinski definition) is 0. The topological polar surface area (TPSA) is 0 Å². The minimum Gasteiger partial charge on any atom is -0.168 e. The maximum absolute atomic E-state index is 2.99. The predicted octanol–water partition coefficient (Wildman–Crippen LogP) is 5.28. The Morgan fingerprint density at radius 3 is 2.10 bits per heavy atom. The van der Waals surface area contributed by atoms with Crippen molar-refractivity contribution in [3.8, 4) is 0 Å². The minimum atomic E-state index is 0. The quantitative estimate of drug-likeness (QED) is 0.458. The fraction of sp³-hybridized carbons (Fsp3) is 0.0556. The summed E-state index contributed by atoms with van der Waals surface area (Å²) in [5, 5.41) is 2.66. The van der Waals surface area contributed by atoms with Gasteiger partial charge in [-0.15, -0.1) is 36.1 Å². The van der Waals surface area contributed by atoms with E-state index in [0.717, 1.165) is 6.42 Å². The molecule has 3 rings (SSSR count). The second kappa shape index (κ2) is 18.2. The summed E-state index contributed by atoms with van der Waals surface area (Å²) in [6, 6.07) is 14.7. The van der Waals surface area contributed by atoms with Gasteiger partial charge in [-0.25, -0.2) is 12.2 Å². The molecule has 0 amide bonds. The largest absolute Gasteiger partial charge is 0.168 e. The summed E-state index contributed by atoms with van der Waals surface area (Å²) in [4.78, 5) is 0. The molecule has 0 unspecified atom stereocenters. The van der Waals surface area contributed by atoms with Gasteiger partial charge in [-0.3, -0.25) is 6.08 Å². The second-order valence-electron chi connectivity index (χ2n) is 3.16. The molecule has 0 aromatic heterocycles. The summed E-state index contributed by atoms with van der Waals surface area (Å²) in [6.07, 6.45) is 10.0. The molecule has 0 spiro atoms. The molecule has 0 aliphatic heterocycles. The van der Waals surface area contributed by atoms with Gasteiger partial charge in [-0.05, 0) is 0 Å². The third-order valence-corrected chi connectivity index (χ3v) is 2.13. The normalized spacial score (nSPS) is 9.15. The monoisotopic (exact) mass is 316 g/mol. The van der Waals surface area contributed by atoms with Crippen LogP contribution in [0.3, 0.4) is 0 Å². The van der Waals surface area contributed by atoms with Gasteiger partial charge in [0.15, 0.2) is 0 Å². The molecule has 0 saturated carbocycles. The van der Waals surface area contributed by atoms with Crippen LogP contribution in [0, 0.1) is 35.8 Å². The SMILES string of the molecule is [C-]1=CC=CC1.[CH3-].[CH3-].[CH3-].[CH3-].[Si]=[Ti].c1ccc2[cH-]ccc2c1. The first kappa shape index (κ1) is 27.6. The Hall–Kier alpha value is -0.759. The van der Waals surface area contributed by atoms with Gasteiger partial charge in [0.25, 0.3) is 0 Å². The molecule has 2 radical (unpaired) electrons. The maximum atomic E-state index is 2.99. The van der Waals surface area contributed by atoms with Gasteiger partial charge in [0.05, 0.1) is 0 Å². The molecule has 2 aromatic rings. The van der Waals surface area contributed by atoms with Crippen LogP contribution in [0.15, 0.2) is 60.7 Å². The Kier molecular flexibility index (Phi) is 25.1. The van der Waals surface area contributed by atoms with Gasteiger partial charge in [-0.2, -0.15) is 23.6 Å². The zero-order chi connectivity index (χ0) is 11.6. The van der Waals surface area contributed by atoms with Crippen molar-refractivity contribution in [3.05, 3.63) is 96.5 Å². The van der Waals surface area contributed by atoms with Crippen molar-refractivity contribution >= 4 is 18.4 Å². The number of benzene rings is 1. The van der Waals surface area contributed by atoms with E-state index in [-0.39, 0.29) is 29.7 Å². The Balaban J connectivity index is -0.000000104. The van der Waals surface area contributed by atoms with Crippen molar-refractivity contribution < 1.29 is 19.2 Å². The molecule has 0 fully saturated rings. The van der Waals surface area contributed by atoms with Crippen molar-refractivity contribution in [1.29, 1.82) is 0 Å². The van der Waals surface area contributed by atoms with E-state index < -0.39 is 0 Å². The molecule has 2 heteroatoms. The van der Waals surface area contributed by atoms with Gasteiger partial charge in [-0.1, -0.05) is 6.07 Å². The molecule has 2 aromatic carbocycles. The van der Waals surface area contributed by atoms with Crippen LogP contribution in [0.25, 0.3) is 10.8 Å². The van der Waals surface area contributed by atoms with Gasteiger partial charge in [0.2, 0.25) is 0 Å². The molecule has 110 valence electrons. The zero-order valence-corrected chi connectivity index (χ0v) is 15.5. The van der Waals surface area contributed by atoms with E-state index in [1.165, 1.54) is 10.8 Å². The predicted molar refractivity (Wildman–Crippen MR) is 92.5 cm³/mol. The van der Waals surface area contributed by atoms with Gasteiger partial charge in [0.1, 0.15) is 0 Å². The standard InChI is InChI=1S/C9H7.C5H5.4CH3.Si.Ti/c1-2-5-9-7-3-6-8(9)4-1;1-2-4-5-3-1;;;;;;/h1-7H;1-3H,4H2;4*1H3;;/q6*-1;;. The van der Waals surface area contributed by atoms with Crippen molar-refractivity contribution in [3.63, 3.8) is 0 Å². The Bertz CT molecular complexity index is 429. The van der Waals surface area contributed by atoms with Crippen LogP contribution in [0.1, 0.15) is 6.42 Å². The first-order valence-corrected chi connectivity index (χ1v) is 7.88. The summed E-state index contributed by atoms with van der Waals surface area (Å²) in [7, 11) is 2.97. The third-order valence-electron chi connectivity index (χ3n) is 2.13. The van der Waals surface area contributed by atoms with Crippen LogP contribution in [0.2, 0.25) is 0 Å². The third kappa shape index (κ3) is 10.1. The molecule has 0 saturated heterocycles. The molecule has 1 aliphatic carbocycles.